The number of halogens is 1. The van der Waals surface area contributed by atoms with Crippen molar-refractivity contribution in [1.82, 2.24) is 4.57 Å². The Balaban J connectivity index is 1.52. The highest BCUT2D eigenvalue weighted by atomic mass is 19.1. The molecular weight excluding hydrogens is 491 g/mol. The van der Waals surface area contributed by atoms with Crippen molar-refractivity contribution in [2.24, 2.45) is 7.05 Å². The lowest BCUT2D eigenvalue weighted by Gasteiger charge is -2.24. The molecule has 196 valence electrons. The lowest BCUT2D eigenvalue weighted by Crippen LogP contribution is -2.31. The van der Waals surface area contributed by atoms with Crippen molar-refractivity contribution in [3.8, 4) is 16.9 Å². The minimum atomic E-state index is -0.213. The second-order valence-corrected chi connectivity index (χ2v) is 11.9. The van der Waals surface area contributed by atoms with Gasteiger partial charge in [-0.25, -0.2) is 8.96 Å². The van der Waals surface area contributed by atoms with Gasteiger partial charge in [-0.2, -0.15) is 0 Å². The zero-order chi connectivity index (χ0) is 27.8. The molecule has 0 N–H and O–H groups in total. The van der Waals surface area contributed by atoms with Gasteiger partial charge >= 0.3 is 0 Å². The molecule has 7 aromatic rings. The van der Waals surface area contributed by atoms with Crippen LogP contribution in [0.2, 0.25) is 0 Å². The van der Waals surface area contributed by atoms with E-state index in [4.69, 9.17) is 0 Å². The smallest absolute Gasteiger partial charge is 0.220 e. The van der Waals surface area contributed by atoms with E-state index < -0.39 is 0 Å². The summed E-state index contributed by atoms with van der Waals surface area (Å²) in [7, 11) is 2.12. The van der Waals surface area contributed by atoms with Crippen LogP contribution < -0.4 is 4.57 Å². The molecule has 0 amide bonds. The summed E-state index contributed by atoms with van der Waals surface area (Å²) in [6.45, 7) is 9.09. The Morgan fingerprint density at radius 3 is 2.17 bits per heavy atom. The molecule has 0 saturated heterocycles. The van der Waals surface area contributed by atoms with Crippen molar-refractivity contribution >= 4 is 43.4 Å². The number of aromatic nitrogens is 2. The van der Waals surface area contributed by atoms with Gasteiger partial charge in [0.1, 0.15) is 12.9 Å². The molecule has 2 aromatic heterocycles. The molecule has 7 rings (SSSR count). The largest absolute Gasteiger partial charge is 0.307 e. The number of aryl methyl sites for hydroxylation is 2. The van der Waals surface area contributed by atoms with E-state index in [1.165, 1.54) is 38.5 Å². The molecule has 2 nitrogen and oxygen atoms in total. The van der Waals surface area contributed by atoms with Crippen LogP contribution in [0.25, 0.3) is 60.3 Å². The van der Waals surface area contributed by atoms with E-state index >= 15 is 4.39 Å². The molecule has 0 atom stereocenters. The molecule has 2 heterocycles. The van der Waals surface area contributed by atoms with Gasteiger partial charge in [-0.05, 0) is 76.0 Å². The van der Waals surface area contributed by atoms with E-state index in [0.717, 1.165) is 27.4 Å². The standard InChI is InChI=1S/C37H32FN2/c1-23-26-11-6-7-12-28(26)32(37(2,3)4)22-31(23)35-27-18-17-25(21-24(27)19-20-39(35)5)40-34-16-9-8-13-29(34)30-14-10-15-33(38)36(30)40/h6-22H,1-5H3/q+1. The Kier molecular flexibility index (Phi) is 5.37. The first kappa shape index (κ1) is 24.5. The fraction of sp³-hybridized carbons (Fsp3) is 0.162. The third-order valence-corrected chi connectivity index (χ3v) is 8.40. The lowest BCUT2D eigenvalue weighted by atomic mass is 9.80. The third-order valence-electron chi connectivity index (χ3n) is 8.40. The van der Waals surface area contributed by atoms with Crippen molar-refractivity contribution < 1.29 is 8.96 Å². The van der Waals surface area contributed by atoms with Gasteiger partial charge < -0.3 is 4.57 Å². The predicted molar refractivity (Wildman–Crippen MR) is 166 cm³/mol. The molecule has 3 heteroatoms. The molecular formula is C37H32FN2+. The van der Waals surface area contributed by atoms with Gasteiger partial charge in [0.2, 0.25) is 5.69 Å². The summed E-state index contributed by atoms with van der Waals surface area (Å²) >= 11 is 0. The highest BCUT2D eigenvalue weighted by Crippen LogP contribution is 2.40. The molecule has 0 aliphatic heterocycles. The number of hydrogen-bond donors (Lipinski definition) is 0. The molecule has 0 radical (unpaired) electrons. The van der Waals surface area contributed by atoms with Crippen LogP contribution in [0.15, 0.2) is 103 Å². The van der Waals surface area contributed by atoms with Crippen molar-refractivity contribution in [2.75, 3.05) is 0 Å². The van der Waals surface area contributed by atoms with E-state index in [9.17, 15) is 0 Å². The minimum Gasteiger partial charge on any atom is -0.307 e. The zero-order valence-corrected chi connectivity index (χ0v) is 23.6. The van der Waals surface area contributed by atoms with Crippen LogP contribution in [0.3, 0.4) is 0 Å². The fourth-order valence-electron chi connectivity index (χ4n) is 6.47. The molecule has 0 bridgehead atoms. The van der Waals surface area contributed by atoms with Crippen LogP contribution >= 0.6 is 0 Å². The number of nitrogens with zero attached hydrogens (tertiary/aromatic N) is 2. The molecule has 0 aliphatic rings. The maximum Gasteiger partial charge on any atom is 0.220 e. The highest BCUT2D eigenvalue weighted by Gasteiger charge is 2.25. The van der Waals surface area contributed by atoms with Gasteiger partial charge in [0.15, 0.2) is 6.20 Å². The summed E-state index contributed by atoms with van der Waals surface area (Å²) in [6.07, 6.45) is 2.14. The quantitative estimate of drug-likeness (QED) is 0.200. The number of rotatable bonds is 2. The predicted octanol–water partition coefficient (Wildman–Crippen LogP) is 9.33. The summed E-state index contributed by atoms with van der Waals surface area (Å²) in [5.74, 6) is -0.213. The minimum absolute atomic E-state index is 0.00101. The van der Waals surface area contributed by atoms with Crippen LogP contribution in [0.1, 0.15) is 31.9 Å². The SMILES string of the molecule is Cc1c(-c2c3ccc(-n4c5ccccc5c5cccc(F)c54)cc3cc[n+]2C)cc(C(C)(C)C)c2ccccc12. The molecule has 5 aromatic carbocycles. The van der Waals surface area contributed by atoms with Gasteiger partial charge in [-0.3, -0.25) is 0 Å². The topological polar surface area (TPSA) is 8.81 Å². The summed E-state index contributed by atoms with van der Waals surface area (Å²) < 4.78 is 19.6. The lowest BCUT2D eigenvalue weighted by molar-refractivity contribution is -0.659. The number of hydrogen-bond acceptors (Lipinski definition) is 0. The van der Waals surface area contributed by atoms with Gasteiger partial charge in [0.05, 0.1) is 22.0 Å². The van der Waals surface area contributed by atoms with Crippen LogP contribution in [0.4, 0.5) is 4.39 Å². The molecule has 0 saturated carbocycles. The normalized spacial score (nSPS) is 12.2. The second-order valence-electron chi connectivity index (χ2n) is 11.9. The Labute approximate surface area is 233 Å². The van der Waals surface area contributed by atoms with Crippen molar-refractivity contribution in [3.63, 3.8) is 0 Å². The number of fused-ring (bicyclic) bond motifs is 5. The average Bonchev–Trinajstić information content (AvgIpc) is 3.29. The first-order valence-electron chi connectivity index (χ1n) is 13.9. The summed E-state index contributed by atoms with van der Waals surface area (Å²) in [4.78, 5) is 0. The summed E-state index contributed by atoms with van der Waals surface area (Å²) in [5.41, 5.74) is 7.62. The zero-order valence-electron chi connectivity index (χ0n) is 23.6. The van der Waals surface area contributed by atoms with E-state index in [1.807, 2.05) is 18.2 Å². The Bertz CT molecular complexity index is 2130. The number of benzene rings is 5. The molecule has 40 heavy (non-hydrogen) atoms. The van der Waals surface area contributed by atoms with E-state index in [0.29, 0.717) is 5.52 Å². The average molecular weight is 524 g/mol. The monoisotopic (exact) mass is 523 g/mol. The second kappa shape index (κ2) is 8.76. The van der Waals surface area contributed by atoms with Crippen LogP contribution in [0, 0.1) is 12.7 Å². The van der Waals surface area contributed by atoms with Gasteiger partial charge in [-0.1, -0.05) is 75.4 Å². The van der Waals surface area contributed by atoms with E-state index in [1.54, 1.807) is 12.1 Å². The van der Waals surface area contributed by atoms with Crippen LogP contribution in [-0.2, 0) is 12.5 Å². The molecule has 0 spiro atoms. The van der Waals surface area contributed by atoms with Crippen LogP contribution in [-0.4, -0.2) is 4.57 Å². The first-order chi connectivity index (χ1) is 19.2. The summed E-state index contributed by atoms with van der Waals surface area (Å²) in [6, 6.07) is 33.3. The van der Waals surface area contributed by atoms with Crippen molar-refractivity contribution in [1.29, 1.82) is 0 Å². The highest BCUT2D eigenvalue weighted by molar-refractivity contribution is 6.10. The maximum atomic E-state index is 15.3. The fourth-order valence-corrected chi connectivity index (χ4v) is 6.47. The van der Waals surface area contributed by atoms with Gasteiger partial charge in [0, 0.05) is 22.5 Å². The Hall–Kier alpha value is -4.50. The molecule has 0 unspecified atom stereocenters. The maximum absolute atomic E-state index is 15.3. The van der Waals surface area contributed by atoms with Crippen molar-refractivity contribution in [2.45, 2.75) is 33.1 Å². The Morgan fingerprint density at radius 1 is 0.700 bits per heavy atom. The first-order valence-corrected chi connectivity index (χ1v) is 13.9. The Morgan fingerprint density at radius 2 is 1.40 bits per heavy atom. The summed E-state index contributed by atoms with van der Waals surface area (Å²) in [5, 5.41) is 6.89. The molecule has 0 fully saturated rings. The van der Waals surface area contributed by atoms with Crippen molar-refractivity contribution in [3.05, 3.63) is 120 Å². The number of para-hydroxylation sites is 2. The molecule has 0 aliphatic carbocycles. The van der Waals surface area contributed by atoms with E-state index in [2.05, 4.69) is 117 Å². The van der Waals surface area contributed by atoms with E-state index in [-0.39, 0.29) is 11.2 Å². The third kappa shape index (κ3) is 3.57. The number of pyridine rings is 1. The van der Waals surface area contributed by atoms with Gasteiger partial charge in [0.25, 0.3) is 0 Å². The van der Waals surface area contributed by atoms with Crippen LogP contribution in [0.5, 0.6) is 0 Å². The van der Waals surface area contributed by atoms with Gasteiger partial charge in [-0.15, -0.1) is 0 Å².